The first-order valence-corrected chi connectivity index (χ1v) is 6.57. The molecule has 0 bridgehead atoms. The lowest BCUT2D eigenvalue weighted by atomic mass is 9.87. The average molecular weight is 271 g/mol. The van der Waals surface area contributed by atoms with Gasteiger partial charge in [-0.25, -0.2) is 0 Å². The predicted octanol–water partition coefficient (Wildman–Crippen LogP) is 2.48. The van der Waals surface area contributed by atoms with Crippen LogP contribution in [0.15, 0.2) is 24.3 Å². The molecule has 2 N–H and O–H groups in total. The molecule has 0 spiro atoms. The van der Waals surface area contributed by atoms with Crippen LogP contribution in [0.3, 0.4) is 0 Å². The summed E-state index contributed by atoms with van der Waals surface area (Å²) in [5.41, 5.74) is 8.09. The van der Waals surface area contributed by atoms with E-state index in [9.17, 15) is 0 Å². The minimum absolute atomic E-state index is 0.130. The Morgan fingerprint density at radius 3 is 2.05 bits per heavy atom. The lowest BCUT2D eigenvalue weighted by Gasteiger charge is -2.19. The highest BCUT2D eigenvalue weighted by molar-refractivity contribution is 5.58. The predicted molar refractivity (Wildman–Crippen MR) is 82.7 cm³/mol. The van der Waals surface area contributed by atoms with Gasteiger partial charge in [-0.05, 0) is 11.0 Å². The van der Waals surface area contributed by atoms with Gasteiger partial charge in [0.05, 0.1) is 0 Å². The lowest BCUT2D eigenvalue weighted by Crippen LogP contribution is -2.15. The Labute approximate surface area is 119 Å². The molecule has 5 heteroatoms. The molecule has 0 aliphatic heterocycles. The summed E-state index contributed by atoms with van der Waals surface area (Å²) < 4.78 is 0. The molecule has 5 nitrogen and oxygen atoms in total. The van der Waals surface area contributed by atoms with Crippen molar-refractivity contribution in [1.29, 1.82) is 0 Å². The van der Waals surface area contributed by atoms with Gasteiger partial charge in [-0.15, -0.1) is 0 Å². The van der Waals surface area contributed by atoms with Crippen LogP contribution in [0.5, 0.6) is 0 Å². The monoisotopic (exact) mass is 271 g/mol. The highest BCUT2D eigenvalue weighted by atomic mass is 15.3. The number of nitrogen functional groups attached to an aromatic ring is 1. The molecule has 1 aromatic heterocycles. The number of hydrogen-bond donors (Lipinski definition) is 1. The van der Waals surface area contributed by atoms with Crippen molar-refractivity contribution in [3.63, 3.8) is 0 Å². The first-order valence-electron chi connectivity index (χ1n) is 6.57. The van der Waals surface area contributed by atoms with Gasteiger partial charge >= 0.3 is 0 Å². The number of rotatable bonds is 2. The van der Waals surface area contributed by atoms with E-state index in [-0.39, 0.29) is 11.4 Å². The molecule has 106 valence electrons. The summed E-state index contributed by atoms with van der Waals surface area (Å²) >= 11 is 0. The highest BCUT2D eigenvalue weighted by Gasteiger charge is 2.14. The number of nitrogens with zero attached hydrogens (tertiary/aromatic N) is 4. The molecule has 0 fully saturated rings. The van der Waals surface area contributed by atoms with Gasteiger partial charge in [0.2, 0.25) is 11.9 Å². The Balaban J connectivity index is 2.41. The fourth-order valence-electron chi connectivity index (χ4n) is 1.83. The SMILES string of the molecule is CN(C)c1nc(N)nc(-c2ccc(C(C)(C)C)cc2)n1. The smallest absolute Gasteiger partial charge is 0.230 e. The van der Waals surface area contributed by atoms with Crippen molar-refractivity contribution in [2.24, 2.45) is 0 Å². The van der Waals surface area contributed by atoms with E-state index in [1.165, 1.54) is 5.56 Å². The van der Waals surface area contributed by atoms with Gasteiger partial charge < -0.3 is 10.6 Å². The number of aromatic nitrogens is 3. The zero-order chi connectivity index (χ0) is 14.9. The van der Waals surface area contributed by atoms with Crippen molar-refractivity contribution in [2.75, 3.05) is 24.7 Å². The summed E-state index contributed by atoms with van der Waals surface area (Å²) in [7, 11) is 3.75. The van der Waals surface area contributed by atoms with Crippen LogP contribution in [0.1, 0.15) is 26.3 Å². The summed E-state index contributed by atoms with van der Waals surface area (Å²) in [6, 6.07) is 8.25. The molecule has 1 aromatic carbocycles. The van der Waals surface area contributed by atoms with Crippen LogP contribution in [-0.4, -0.2) is 29.0 Å². The molecule has 2 aromatic rings. The molecule has 0 amide bonds. The number of anilines is 2. The van der Waals surface area contributed by atoms with Crippen molar-refractivity contribution in [3.8, 4) is 11.4 Å². The van der Waals surface area contributed by atoms with Crippen LogP contribution >= 0.6 is 0 Å². The molecule has 0 saturated heterocycles. The van der Waals surface area contributed by atoms with E-state index in [0.717, 1.165) is 5.56 Å². The van der Waals surface area contributed by atoms with Gasteiger partial charge in [0.1, 0.15) is 0 Å². The van der Waals surface area contributed by atoms with E-state index in [1.54, 1.807) is 0 Å². The quantitative estimate of drug-likeness (QED) is 0.908. The largest absolute Gasteiger partial charge is 0.368 e. The third-order valence-electron chi connectivity index (χ3n) is 3.05. The Morgan fingerprint density at radius 2 is 1.55 bits per heavy atom. The summed E-state index contributed by atoms with van der Waals surface area (Å²) in [5.74, 6) is 1.40. The van der Waals surface area contributed by atoms with E-state index >= 15 is 0 Å². The van der Waals surface area contributed by atoms with Gasteiger partial charge in [-0.3, -0.25) is 0 Å². The van der Waals surface area contributed by atoms with Gasteiger partial charge in [0.15, 0.2) is 5.82 Å². The molecule has 0 aliphatic carbocycles. The third-order valence-corrected chi connectivity index (χ3v) is 3.05. The average Bonchev–Trinajstić information content (AvgIpc) is 2.37. The van der Waals surface area contributed by atoms with Crippen LogP contribution in [0.4, 0.5) is 11.9 Å². The first kappa shape index (κ1) is 14.2. The number of hydrogen-bond acceptors (Lipinski definition) is 5. The molecule has 0 radical (unpaired) electrons. The van der Waals surface area contributed by atoms with Gasteiger partial charge in [-0.1, -0.05) is 45.0 Å². The zero-order valence-corrected chi connectivity index (χ0v) is 12.7. The van der Waals surface area contributed by atoms with E-state index in [1.807, 2.05) is 31.1 Å². The Bertz CT molecular complexity index is 597. The second kappa shape index (κ2) is 5.07. The van der Waals surface area contributed by atoms with Gasteiger partial charge in [-0.2, -0.15) is 15.0 Å². The topological polar surface area (TPSA) is 67.9 Å². The normalized spacial score (nSPS) is 11.4. The molecule has 0 unspecified atom stereocenters. The fraction of sp³-hybridized carbons (Fsp3) is 0.400. The summed E-state index contributed by atoms with van der Waals surface area (Å²) in [6.45, 7) is 6.56. The second-order valence-corrected chi connectivity index (χ2v) is 6.04. The lowest BCUT2D eigenvalue weighted by molar-refractivity contribution is 0.590. The van der Waals surface area contributed by atoms with Crippen LogP contribution in [-0.2, 0) is 5.41 Å². The molecule has 1 heterocycles. The minimum atomic E-state index is 0.130. The van der Waals surface area contributed by atoms with E-state index in [0.29, 0.717) is 11.8 Å². The van der Waals surface area contributed by atoms with Crippen LogP contribution in [0, 0.1) is 0 Å². The second-order valence-electron chi connectivity index (χ2n) is 6.04. The van der Waals surface area contributed by atoms with Crippen LogP contribution < -0.4 is 10.6 Å². The van der Waals surface area contributed by atoms with Gasteiger partial charge in [0, 0.05) is 19.7 Å². The summed E-state index contributed by atoms with van der Waals surface area (Å²) in [5, 5.41) is 0. The van der Waals surface area contributed by atoms with E-state index in [2.05, 4.69) is 47.9 Å². The minimum Gasteiger partial charge on any atom is -0.368 e. The van der Waals surface area contributed by atoms with Crippen molar-refractivity contribution < 1.29 is 0 Å². The van der Waals surface area contributed by atoms with Gasteiger partial charge in [0.25, 0.3) is 0 Å². The summed E-state index contributed by atoms with van der Waals surface area (Å²) in [4.78, 5) is 14.5. The Hall–Kier alpha value is -2.17. The maximum atomic E-state index is 5.74. The zero-order valence-electron chi connectivity index (χ0n) is 12.7. The highest BCUT2D eigenvalue weighted by Crippen LogP contribution is 2.25. The van der Waals surface area contributed by atoms with Crippen molar-refractivity contribution in [1.82, 2.24) is 15.0 Å². The number of benzene rings is 1. The molecule has 0 atom stereocenters. The van der Waals surface area contributed by atoms with Crippen molar-refractivity contribution in [3.05, 3.63) is 29.8 Å². The molecule has 0 aliphatic rings. The fourth-order valence-corrected chi connectivity index (χ4v) is 1.83. The maximum Gasteiger partial charge on any atom is 0.230 e. The van der Waals surface area contributed by atoms with E-state index in [4.69, 9.17) is 5.73 Å². The molecule has 2 rings (SSSR count). The molecule has 0 saturated carbocycles. The third kappa shape index (κ3) is 3.04. The summed E-state index contributed by atoms with van der Waals surface area (Å²) in [6.07, 6.45) is 0. The molecule has 20 heavy (non-hydrogen) atoms. The standard InChI is InChI=1S/C15H21N5/c1-15(2,3)11-8-6-10(7-9-11)12-17-13(16)19-14(18-12)20(4)5/h6-9H,1-5H3,(H2,16,17,18,19). The van der Waals surface area contributed by atoms with Crippen LogP contribution in [0.2, 0.25) is 0 Å². The first-order chi connectivity index (χ1) is 9.27. The van der Waals surface area contributed by atoms with Crippen molar-refractivity contribution in [2.45, 2.75) is 26.2 Å². The Morgan fingerprint density at radius 1 is 0.950 bits per heavy atom. The molecular formula is C15H21N5. The Kier molecular flexibility index (Phi) is 3.61. The molecular weight excluding hydrogens is 250 g/mol. The van der Waals surface area contributed by atoms with Crippen molar-refractivity contribution >= 4 is 11.9 Å². The van der Waals surface area contributed by atoms with E-state index < -0.39 is 0 Å². The maximum absolute atomic E-state index is 5.74. The van der Waals surface area contributed by atoms with Crippen LogP contribution in [0.25, 0.3) is 11.4 Å². The number of nitrogens with two attached hydrogens (primary N) is 1.